The van der Waals surface area contributed by atoms with Gasteiger partial charge >= 0.3 is 5.97 Å². The largest absolute Gasteiger partial charge is 0.462 e. The first-order valence-electron chi connectivity index (χ1n) is 9.07. The van der Waals surface area contributed by atoms with Gasteiger partial charge in [-0.1, -0.05) is 18.2 Å². The normalized spacial score (nSPS) is 12.3. The zero-order chi connectivity index (χ0) is 21.0. The number of aliphatic hydroxyl groups excluding tert-OH is 1. The Hall–Kier alpha value is -2.62. The van der Waals surface area contributed by atoms with E-state index in [0.29, 0.717) is 26.2 Å². The van der Waals surface area contributed by atoms with Crippen molar-refractivity contribution in [1.29, 1.82) is 0 Å². The van der Waals surface area contributed by atoms with Crippen LogP contribution in [0.25, 0.3) is 10.2 Å². The number of fused-ring (bicyclic) bond motifs is 1. The number of aryl methyl sites for hydroxylation is 1. The summed E-state index contributed by atoms with van der Waals surface area (Å²) in [5, 5.41) is 10.5. The maximum Gasteiger partial charge on any atom is 0.348 e. The average molecular weight is 420 g/mol. The summed E-state index contributed by atoms with van der Waals surface area (Å²) in [6.07, 6.45) is 0.345. The van der Waals surface area contributed by atoms with Crippen LogP contribution in [0.1, 0.15) is 27.7 Å². The predicted octanol–water partition coefficient (Wildman–Crippen LogP) is 2.66. The quantitative estimate of drug-likeness (QED) is 0.564. The molecule has 0 aliphatic carbocycles. The molecule has 0 saturated carbocycles. The third-order valence-corrected chi connectivity index (χ3v) is 5.49. The number of aliphatic hydroxyl groups is 1. The second kappa shape index (κ2) is 9.25. The van der Waals surface area contributed by atoms with E-state index in [1.54, 1.807) is 32.0 Å². The first-order valence-corrected chi connectivity index (χ1v) is 9.88. The molecule has 29 heavy (non-hydrogen) atoms. The minimum absolute atomic E-state index is 0.0163. The maximum atomic E-state index is 13.6. The molecule has 9 heteroatoms. The Labute approximate surface area is 170 Å². The molecule has 1 N–H and O–H groups in total. The molecule has 7 nitrogen and oxygen atoms in total. The summed E-state index contributed by atoms with van der Waals surface area (Å²) in [6, 6.07) is 6.23. The van der Waals surface area contributed by atoms with Crippen molar-refractivity contribution < 1.29 is 23.8 Å². The lowest BCUT2D eigenvalue weighted by molar-refractivity contribution is 0.0189. The lowest BCUT2D eigenvalue weighted by Gasteiger charge is -2.13. The van der Waals surface area contributed by atoms with Crippen LogP contribution in [0.3, 0.4) is 0 Å². The number of rotatable bonds is 8. The lowest BCUT2D eigenvalue weighted by atomic mass is 10.2. The van der Waals surface area contributed by atoms with Gasteiger partial charge in [-0.05, 0) is 25.5 Å². The van der Waals surface area contributed by atoms with Gasteiger partial charge in [0.25, 0.3) is 5.56 Å². The highest BCUT2D eigenvalue weighted by molar-refractivity contribution is 7.20. The van der Waals surface area contributed by atoms with Gasteiger partial charge in [-0.25, -0.2) is 14.2 Å². The molecule has 3 aromatic rings. The van der Waals surface area contributed by atoms with E-state index in [1.165, 1.54) is 17.0 Å². The maximum absolute atomic E-state index is 13.6. The van der Waals surface area contributed by atoms with Crippen LogP contribution in [0.2, 0.25) is 0 Å². The van der Waals surface area contributed by atoms with Crippen LogP contribution in [0.15, 0.2) is 35.4 Å². The van der Waals surface area contributed by atoms with Crippen LogP contribution in [0.5, 0.6) is 0 Å². The molecule has 154 valence electrons. The molecule has 3 rings (SSSR count). The molecule has 0 spiro atoms. The molecule has 2 aromatic heterocycles. The summed E-state index contributed by atoms with van der Waals surface area (Å²) in [4.78, 5) is 29.8. The second-order valence-electron chi connectivity index (χ2n) is 6.42. The van der Waals surface area contributed by atoms with E-state index < -0.39 is 12.1 Å². The van der Waals surface area contributed by atoms with Crippen molar-refractivity contribution >= 4 is 27.5 Å². The molecular formula is C20H21FN2O5S. The summed E-state index contributed by atoms with van der Waals surface area (Å²) in [6.45, 7) is 3.53. The molecule has 0 unspecified atom stereocenters. The van der Waals surface area contributed by atoms with Crippen molar-refractivity contribution in [1.82, 2.24) is 9.55 Å². The van der Waals surface area contributed by atoms with Crippen molar-refractivity contribution in [2.75, 3.05) is 13.2 Å². The van der Waals surface area contributed by atoms with E-state index in [9.17, 15) is 19.1 Å². The number of hydrogen-bond acceptors (Lipinski definition) is 7. The molecule has 2 heterocycles. The molecular weight excluding hydrogens is 399 g/mol. The van der Waals surface area contributed by atoms with Crippen molar-refractivity contribution in [2.45, 2.75) is 33.1 Å². The van der Waals surface area contributed by atoms with Crippen LogP contribution in [0.4, 0.5) is 4.39 Å². The van der Waals surface area contributed by atoms with Crippen molar-refractivity contribution in [3.8, 4) is 0 Å². The molecule has 1 atom stereocenters. The lowest BCUT2D eigenvalue weighted by Crippen LogP contribution is -2.29. The highest BCUT2D eigenvalue weighted by atomic mass is 32.1. The van der Waals surface area contributed by atoms with Crippen LogP contribution in [-0.4, -0.2) is 39.9 Å². The zero-order valence-corrected chi connectivity index (χ0v) is 16.9. The summed E-state index contributed by atoms with van der Waals surface area (Å²) >= 11 is 1.10. The predicted molar refractivity (Wildman–Crippen MR) is 107 cm³/mol. The smallest absolute Gasteiger partial charge is 0.348 e. The first-order chi connectivity index (χ1) is 13.9. The van der Waals surface area contributed by atoms with E-state index in [4.69, 9.17) is 9.47 Å². The van der Waals surface area contributed by atoms with Gasteiger partial charge in [-0.2, -0.15) is 0 Å². The average Bonchev–Trinajstić information content (AvgIpc) is 3.03. The van der Waals surface area contributed by atoms with Gasteiger partial charge < -0.3 is 14.6 Å². The topological polar surface area (TPSA) is 90.7 Å². The Morgan fingerprint density at radius 3 is 2.86 bits per heavy atom. The van der Waals surface area contributed by atoms with Crippen molar-refractivity contribution in [2.24, 2.45) is 0 Å². The van der Waals surface area contributed by atoms with E-state index in [0.717, 1.165) is 11.3 Å². The Bertz CT molecular complexity index is 1080. The first kappa shape index (κ1) is 21.1. The van der Waals surface area contributed by atoms with Crippen LogP contribution in [-0.2, 0) is 22.6 Å². The highest BCUT2D eigenvalue weighted by Gasteiger charge is 2.21. The number of nitrogens with zero attached hydrogens (tertiary/aromatic N) is 2. The van der Waals surface area contributed by atoms with Gasteiger partial charge in [-0.15, -0.1) is 11.3 Å². The molecule has 0 saturated heterocycles. The van der Waals surface area contributed by atoms with Crippen LogP contribution >= 0.6 is 11.3 Å². The number of carbonyl (C=O) groups is 1. The molecule has 0 radical (unpaired) electrons. The van der Waals surface area contributed by atoms with Gasteiger partial charge in [0.1, 0.15) is 15.5 Å². The third kappa shape index (κ3) is 4.69. The van der Waals surface area contributed by atoms with Crippen LogP contribution < -0.4 is 5.56 Å². The van der Waals surface area contributed by atoms with Crippen molar-refractivity contribution in [3.05, 3.63) is 62.8 Å². The molecule has 0 fully saturated rings. The summed E-state index contributed by atoms with van der Waals surface area (Å²) in [7, 11) is 0. The SMILES string of the molecule is CCOC(=O)c1sc2ncn(C[C@H](O)COCc3ccccc3F)c(=O)c2c1C. The Morgan fingerprint density at radius 1 is 1.38 bits per heavy atom. The number of esters is 1. The van der Waals surface area contributed by atoms with Gasteiger partial charge in [0.05, 0.1) is 44.2 Å². The summed E-state index contributed by atoms with van der Waals surface area (Å²) in [5.74, 6) is -0.862. The highest BCUT2D eigenvalue weighted by Crippen LogP contribution is 2.27. The number of aromatic nitrogens is 2. The van der Waals surface area contributed by atoms with E-state index in [-0.39, 0.29) is 37.7 Å². The molecule has 0 bridgehead atoms. The Morgan fingerprint density at radius 2 is 2.14 bits per heavy atom. The minimum Gasteiger partial charge on any atom is -0.462 e. The number of thiophene rings is 1. The van der Waals surface area contributed by atoms with Gasteiger partial charge in [-0.3, -0.25) is 9.36 Å². The van der Waals surface area contributed by atoms with Gasteiger partial charge in [0.15, 0.2) is 0 Å². The number of hydrogen-bond donors (Lipinski definition) is 1. The van der Waals surface area contributed by atoms with E-state index in [1.807, 2.05) is 0 Å². The molecule has 1 aromatic carbocycles. The third-order valence-electron chi connectivity index (χ3n) is 4.31. The van der Waals surface area contributed by atoms with Crippen molar-refractivity contribution in [3.63, 3.8) is 0 Å². The van der Waals surface area contributed by atoms with E-state index in [2.05, 4.69) is 4.98 Å². The standard InChI is InChI=1S/C20H21FN2O5S/c1-3-28-20(26)17-12(2)16-18(29-17)22-11-23(19(16)25)8-14(24)10-27-9-13-6-4-5-7-15(13)21/h4-7,11,14,24H,3,8-10H2,1-2H3/t14-/m0/s1. The number of benzene rings is 1. The second-order valence-corrected chi connectivity index (χ2v) is 7.42. The Balaban J connectivity index is 1.70. The summed E-state index contributed by atoms with van der Waals surface area (Å²) in [5.41, 5.74) is 0.549. The fourth-order valence-electron chi connectivity index (χ4n) is 2.88. The molecule has 0 aliphatic heterocycles. The Kier molecular flexibility index (Phi) is 6.73. The van der Waals surface area contributed by atoms with Gasteiger partial charge in [0.2, 0.25) is 0 Å². The monoisotopic (exact) mass is 420 g/mol. The molecule has 0 aliphatic rings. The van der Waals surface area contributed by atoms with Gasteiger partial charge in [0, 0.05) is 5.56 Å². The number of carbonyl (C=O) groups excluding carboxylic acids is 1. The molecule has 0 amide bonds. The van der Waals surface area contributed by atoms with E-state index >= 15 is 0 Å². The fourth-order valence-corrected chi connectivity index (χ4v) is 3.91. The zero-order valence-electron chi connectivity index (χ0n) is 16.1. The number of ether oxygens (including phenoxy) is 2. The fraction of sp³-hybridized carbons (Fsp3) is 0.350. The minimum atomic E-state index is -0.984. The van der Waals surface area contributed by atoms with Crippen LogP contribution in [0, 0.1) is 12.7 Å². The number of halogens is 1. The summed E-state index contributed by atoms with van der Waals surface area (Å²) < 4.78 is 25.2.